The van der Waals surface area contributed by atoms with Crippen LogP contribution in [0.4, 0.5) is 0 Å². The lowest BCUT2D eigenvalue weighted by Crippen LogP contribution is -2.16. The second kappa shape index (κ2) is 3.83. The van der Waals surface area contributed by atoms with E-state index in [9.17, 15) is 0 Å². The highest BCUT2D eigenvalue weighted by atomic mass is 15.1. The lowest BCUT2D eigenvalue weighted by molar-refractivity contribution is 0.369. The van der Waals surface area contributed by atoms with Gasteiger partial charge in [0.05, 0.1) is 0 Å². The number of hydrogen-bond donors (Lipinski definition) is 0. The molecule has 0 radical (unpaired) electrons. The van der Waals surface area contributed by atoms with Crippen LogP contribution in [-0.2, 0) is 0 Å². The quantitative estimate of drug-likeness (QED) is 0.550. The summed E-state index contributed by atoms with van der Waals surface area (Å²) in [7, 11) is 2.24. The molecule has 84 valence electrons. The van der Waals surface area contributed by atoms with E-state index in [1.54, 1.807) is 0 Å². The lowest BCUT2D eigenvalue weighted by atomic mass is 9.96. The maximum absolute atomic E-state index is 3.50. The van der Waals surface area contributed by atoms with Gasteiger partial charge in [-0.05, 0) is 52.5 Å². The average Bonchev–Trinajstić information content (AvgIpc) is 2.55. The molecule has 2 fully saturated rings. The summed E-state index contributed by atoms with van der Waals surface area (Å²) in [4.78, 5) is 2.47. The third kappa shape index (κ3) is 2.75. The van der Waals surface area contributed by atoms with E-state index in [0.29, 0.717) is 5.92 Å². The molecule has 1 heteroatoms. The molecule has 0 N–H and O–H groups in total. The summed E-state index contributed by atoms with van der Waals surface area (Å²) in [6.45, 7) is 9.20. The zero-order valence-corrected chi connectivity index (χ0v) is 10.5. The van der Waals surface area contributed by atoms with Crippen molar-refractivity contribution in [1.82, 2.24) is 4.90 Å². The van der Waals surface area contributed by atoms with Crippen molar-refractivity contribution < 1.29 is 0 Å². The largest absolute Gasteiger partial charge is 0.306 e. The van der Waals surface area contributed by atoms with E-state index in [2.05, 4.69) is 44.6 Å². The van der Waals surface area contributed by atoms with Gasteiger partial charge in [-0.15, -0.1) is 0 Å². The molecule has 15 heavy (non-hydrogen) atoms. The number of hydrogen-bond acceptors (Lipinski definition) is 1. The zero-order chi connectivity index (χ0) is 11.1. The molecule has 0 aromatic rings. The van der Waals surface area contributed by atoms with Crippen molar-refractivity contribution in [2.45, 2.75) is 33.6 Å². The van der Waals surface area contributed by atoms with Gasteiger partial charge >= 0.3 is 0 Å². The molecule has 1 nitrogen and oxygen atoms in total. The van der Waals surface area contributed by atoms with Gasteiger partial charge in [0.2, 0.25) is 0 Å². The first kappa shape index (κ1) is 11.0. The summed E-state index contributed by atoms with van der Waals surface area (Å²) in [5, 5.41) is 0. The molecule has 1 aliphatic carbocycles. The first-order valence-corrected chi connectivity index (χ1v) is 6.15. The Morgan fingerprint density at radius 1 is 1.07 bits per heavy atom. The minimum absolute atomic E-state index is 0.175. The van der Waals surface area contributed by atoms with Gasteiger partial charge in [-0.3, -0.25) is 0 Å². The summed E-state index contributed by atoms with van der Waals surface area (Å²) in [6.07, 6.45) is 2.69. The molecule has 1 saturated carbocycles. The number of nitrogens with zero attached hydrogens (tertiary/aromatic N) is 1. The molecule has 1 heterocycles. The standard InChI is InChI=1S/C14H23N/c1-14(2,3)6-5-11-7-12-9-15(4)10-13(12)8-11/h11-13H,7-10H2,1-4H3. The lowest BCUT2D eigenvalue weighted by Gasteiger charge is -2.11. The Hall–Kier alpha value is -0.480. The van der Waals surface area contributed by atoms with Crippen molar-refractivity contribution in [3.8, 4) is 11.8 Å². The fraction of sp³-hybridized carbons (Fsp3) is 0.857. The van der Waals surface area contributed by atoms with Crippen molar-refractivity contribution in [3.05, 3.63) is 0 Å². The number of rotatable bonds is 0. The molecule has 0 amide bonds. The fourth-order valence-electron chi connectivity index (χ4n) is 2.97. The van der Waals surface area contributed by atoms with Gasteiger partial charge in [-0.2, -0.15) is 0 Å². The summed E-state index contributed by atoms with van der Waals surface area (Å²) >= 11 is 0. The van der Waals surface area contributed by atoms with Gasteiger partial charge in [-0.1, -0.05) is 11.8 Å². The Kier molecular flexibility index (Phi) is 2.81. The second-order valence-corrected chi connectivity index (χ2v) is 6.43. The normalized spacial score (nSPS) is 36.1. The van der Waals surface area contributed by atoms with Gasteiger partial charge in [0.15, 0.2) is 0 Å². The predicted molar refractivity (Wildman–Crippen MR) is 64.4 cm³/mol. The highest BCUT2D eigenvalue weighted by Gasteiger charge is 2.38. The Bertz CT molecular complexity index is 275. The SMILES string of the molecule is CN1CC2CC(C#CC(C)(C)C)CC2C1. The molecule has 2 aliphatic rings. The Labute approximate surface area is 94.2 Å². The first-order chi connectivity index (χ1) is 6.94. The molecule has 1 aliphatic heterocycles. The van der Waals surface area contributed by atoms with E-state index < -0.39 is 0 Å². The minimum atomic E-state index is 0.175. The maximum atomic E-state index is 3.50. The van der Waals surface area contributed by atoms with Gasteiger partial charge in [-0.25, -0.2) is 0 Å². The van der Waals surface area contributed by atoms with Crippen molar-refractivity contribution in [1.29, 1.82) is 0 Å². The van der Waals surface area contributed by atoms with Crippen LogP contribution in [0, 0.1) is 35.0 Å². The predicted octanol–water partition coefficient (Wildman–Crippen LogP) is 2.62. The van der Waals surface area contributed by atoms with E-state index in [1.165, 1.54) is 25.9 Å². The van der Waals surface area contributed by atoms with Crippen LogP contribution in [0.15, 0.2) is 0 Å². The first-order valence-electron chi connectivity index (χ1n) is 6.15. The highest BCUT2D eigenvalue weighted by molar-refractivity contribution is 5.13. The Balaban J connectivity index is 1.92. The molecule has 0 spiro atoms. The van der Waals surface area contributed by atoms with Crippen LogP contribution in [0.3, 0.4) is 0 Å². The van der Waals surface area contributed by atoms with E-state index in [0.717, 1.165) is 11.8 Å². The fourth-order valence-corrected chi connectivity index (χ4v) is 2.97. The number of fused-ring (bicyclic) bond motifs is 1. The maximum Gasteiger partial charge on any atom is 0.0230 e. The van der Waals surface area contributed by atoms with E-state index in [4.69, 9.17) is 0 Å². The third-order valence-corrected chi connectivity index (χ3v) is 3.58. The Morgan fingerprint density at radius 2 is 1.60 bits per heavy atom. The van der Waals surface area contributed by atoms with Gasteiger partial charge in [0.25, 0.3) is 0 Å². The monoisotopic (exact) mass is 205 g/mol. The van der Waals surface area contributed by atoms with Crippen LogP contribution in [0.2, 0.25) is 0 Å². The average molecular weight is 205 g/mol. The molecular formula is C14H23N. The highest BCUT2D eigenvalue weighted by Crippen LogP contribution is 2.40. The molecule has 2 rings (SSSR count). The molecule has 2 atom stereocenters. The zero-order valence-electron chi connectivity index (χ0n) is 10.5. The minimum Gasteiger partial charge on any atom is -0.306 e. The van der Waals surface area contributed by atoms with Crippen LogP contribution < -0.4 is 0 Å². The molecule has 2 unspecified atom stereocenters. The van der Waals surface area contributed by atoms with Crippen molar-refractivity contribution >= 4 is 0 Å². The van der Waals surface area contributed by atoms with Crippen molar-refractivity contribution in [2.75, 3.05) is 20.1 Å². The van der Waals surface area contributed by atoms with Crippen LogP contribution in [0.5, 0.6) is 0 Å². The van der Waals surface area contributed by atoms with Crippen LogP contribution >= 0.6 is 0 Å². The van der Waals surface area contributed by atoms with Crippen molar-refractivity contribution in [3.63, 3.8) is 0 Å². The van der Waals surface area contributed by atoms with Crippen LogP contribution in [-0.4, -0.2) is 25.0 Å². The summed E-state index contributed by atoms with van der Waals surface area (Å²) in [6, 6.07) is 0. The second-order valence-electron chi connectivity index (χ2n) is 6.43. The number of likely N-dealkylation sites (tertiary alicyclic amines) is 1. The van der Waals surface area contributed by atoms with Gasteiger partial charge in [0, 0.05) is 24.4 Å². The van der Waals surface area contributed by atoms with Crippen LogP contribution in [0.25, 0.3) is 0 Å². The van der Waals surface area contributed by atoms with Gasteiger partial charge in [0.1, 0.15) is 0 Å². The molecule has 0 bridgehead atoms. The molecular weight excluding hydrogens is 182 g/mol. The van der Waals surface area contributed by atoms with Gasteiger partial charge < -0.3 is 4.90 Å². The van der Waals surface area contributed by atoms with E-state index in [1.807, 2.05) is 0 Å². The van der Waals surface area contributed by atoms with E-state index in [-0.39, 0.29) is 5.41 Å². The third-order valence-electron chi connectivity index (χ3n) is 3.58. The summed E-state index contributed by atoms with van der Waals surface area (Å²) < 4.78 is 0. The molecule has 0 aromatic heterocycles. The molecule has 1 saturated heterocycles. The molecule has 0 aromatic carbocycles. The van der Waals surface area contributed by atoms with E-state index >= 15 is 0 Å². The topological polar surface area (TPSA) is 3.24 Å². The smallest absolute Gasteiger partial charge is 0.0230 e. The summed E-state index contributed by atoms with van der Waals surface area (Å²) in [5.41, 5.74) is 0.175. The summed E-state index contributed by atoms with van der Waals surface area (Å²) in [5.74, 6) is 9.46. The van der Waals surface area contributed by atoms with Crippen molar-refractivity contribution in [2.24, 2.45) is 23.2 Å². The Morgan fingerprint density at radius 3 is 2.07 bits per heavy atom. The van der Waals surface area contributed by atoms with Crippen LogP contribution in [0.1, 0.15) is 33.6 Å².